The molecule has 0 radical (unpaired) electrons. The first-order valence-electron chi connectivity index (χ1n) is 19.4. The molecule has 2 heterocycles. The first-order valence-corrected chi connectivity index (χ1v) is 19.4. The number of nitrogens with one attached hydrogen (secondary N) is 2. The summed E-state index contributed by atoms with van der Waals surface area (Å²) in [6.45, 7) is 2.79. The van der Waals surface area contributed by atoms with Gasteiger partial charge in [0, 0.05) is 25.9 Å². The van der Waals surface area contributed by atoms with Gasteiger partial charge in [-0.05, 0) is 49.8 Å². The highest BCUT2D eigenvalue weighted by Crippen LogP contribution is 2.26. The quantitative estimate of drug-likeness (QED) is 0.0985. The lowest BCUT2D eigenvalue weighted by Crippen LogP contribution is -2.54. The van der Waals surface area contributed by atoms with Crippen molar-refractivity contribution in [1.29, 1.82) is 0 Å². The number of phenols is 1. The van der Waals surface area contributed by atoms with Crippen molar-refractivity contribution in [3.8, 4) is 5.75 Å². The van der Waals surface area contributed by atoms with Crippen LogP contribution in [0.15, 0.2) is 24.3 Å². The Hall–Kier alpha value is -3.63. The SMILES string of the molecule is CCCCCCCCCCCCCCCCCC(=O)N1CCC[C@H]1C(=O)N1CCCC1C(=O)NCC(=O)N[C@@H](Cc1ccc(O)cc1)C(=O)O. The minimum absolute atomic E-state index is 0.00713. The minimum Gasteiger partial charge on any atom is -0.508 e. The molecule has 4 amide bonds. The predicted octanol–water partition coefficient (Wildman–Crippen LogP) is 5.86. The van der Waals surface area contributed by atoms with Crippen molar-refractivity contribution in [1.82, 2.24) is 20.4 Å². The molecule has 280 valence electrons. The second-order valence-electron chi connectivity index (χ2n) is 14.2. The van der Waals surface area contributed by atoms with Gasteiger partial charge in [-0.15, -0.1) is 0 Å². The Morgan fingerprint density at radius 3 is 1.82 bits per heavy atom. The van der Waals surface area contributed by atoms with Gasteiger partial charge in [-0.3, -0.25) is 19.2 Å². The number of aromatic hydroxyl groups is 1. The molecule has 4 N–H and O–H groups in total. The molecule has 50 heavy (non-hydrogen) atoms. The Kier molecular flexibility index (Phi) is 18.7. The highest BCUT2D eigenvalue weighted by atomic mass is 16.4. The molecule has 2 aliphatic rings. The van der Waals surface area contributed by atoms with E-state index in [0.29, 0.717) is 44.3 Å². The van der Waals surface area contributed by atoms with Gasteiger partial charge in [0.25, 0.3) is 0 Å². The van der Waals surface area contributed by atoms with E-state index in [1.165, 1.54) is 89.2 Å². The second-order valence-corrected chi connectivity index (χ2v) is 14.2. The van der Waals surface area contributed by atoms with Gasteiger partial charge in [0.05, 0.1) is 6.54 Å². The van der Waals surface area contributed by atoms with Crippen LogP contribution >= 0.6 is 0 Å². The van der Waals surface area contributed by atoms with Crippen molar-refractivity contribution >= 4 is 29.6 Å². The Morgan fingerprint density at radius 1 is 0.740 bits per heavy atom. The zero-order valence-corrected chi connectivity index (χ0v) is 30.3. The van der Waals surface area contributed by atoms with E-state index in [-0.39, 0.29) is 24.0 Å². The molecular weight excluding hydrogens is 636 g/mol. The zero-order chi connectivity index (χ0) is 36.1. The molecule has 0 bridgehead atoms. The summed E-state index contributed by atoms with van der Waals surface area (Å²) in [5.74, 6) is -2.51. The van der Waals surface area contributed by atoms with Crippen molar-refractivity contribution in [2.45, 2.75) is 160 Å². The first-order chi connectivity index (χ1) is 24.2. The highest BCUT2D eigenvalue weighted by molar-refractivity contribution is 5.94. The van der Waals surface area contributed by atoms with E-state index in [2.05, 4.69) is 17.6 Å². The highest BCUT2D eigenvalue weighted by Gasteiger charge is 2.42. The number of aliphatic carboxylic acids is 1. The molecule has 2 saturated heterocycles. The Bertz CT molecular complexity index is 1210. The Balaban J connectivity index is 1.32. The minimum atomic E-state index is -1.22. The van der Waals surface area contributed by atoms with Crippen LogP contribution in [0, 0.1) is 0 Å². The van der Waals surface area contributed by atoms with E-state index in [9.17, 15) is 34.2 Å². The van der Waals surface area contributed by atoms with Crippen LogP contribution in [0.2, 0.25) is 0 Å². The number of benzene rings is 1. The van der Waals surface area contributed by atoms with E-state index in [1.807, 2.05) is 0 Å². The molecule has 0 saturated carbocycles. The molecule has 3 rings (SSSR count). The van der Waals surface area contributed by atoms with E-state index in [4.69, 9.17) is 0 Å². The van der Waals surface area contributed by atoms with E-state index in [1.54, 1.807) is 21.9 Å². The van der Waals surface area contributed by atoms with Crippen LogP contribution in [-0.4, -0.2) is 87.4 Å². The lowest BCUT2D eigenvalue weighted by Gasteiger charge is -2.31. The average molecular weight is 699 g/mol. The van der Waals surface area contributed by atoms with Crippen LogP contribution < -0.4 is 10.6 Å². The molecule has 1 aromatic carbocycles. The van der Waals surface area contributed by atoms with Crippen LogP contribution in [0.1, 0.15) is 141 Å². The molecule has 2 fully saturated rings. The number of amides is 4. The van der Waals surface area contributed by atoms with E-state index >= 15 is 0 Å². The number of hydrogen-bond donors (Lipinski definition) is 4. The molecule has 2 aliphatic heterocycles. The number of unbranched alkanes of at least 4 members (excludes halogenated alkanes) is 14. The van der Waals surface area contributed by atoms with Gasteiger partial charge in [0.15, 0.2) is 0 Å². The van der Waals surface area contributed by atoms with Gasteiger partial charge in [0.1, 0.15) is 23.9 Å². The maximum atomic E-state index is 13.6. The summed E-state index contributed by atoms with van der Waals surface area (Å²) in [6.07, 6.45) is 21.8. The fourth-order valence-electron chi connectivity index (χ4n) is 7.21. The smallest absolute Gasteiger partial charge is 0.326 e. The maximum Gasteiger partial charge on any atom is 0.326 e. The summed E-state index contributed by atoms with van der Waals surface area (Å²) in [7, 11) is 0. The summed E-state index contributed by atoms with van der Waals surface area (Å²) in [4.78, 5) is 67.4. The summed E-state index contributed by atoms with van der Waals surface area (Å²) < 4.78 is 0. The van der Waals surface area contributed by atoms with Crippen LogP contribution in [0.4, 0.5) is 0 Å². The largest absolute Gasteiger partial charge is 0.508 e. The van der Waals surface area contributed by atoms with Gasteiger partial charge >= 0.3 is 5.97 Å². The van der Waals surface area contributed by atoms with Gasteiger partial charge in [-0.2, -0.15) is 0 Å². The number of rotatable bonds is 24. The normalized spacial score (nSPS) is 17.9. The van der Waals surface area contributed by atoms with Crippen molar-refractivity contribution in [2.24, 2.45) is 0 Å². The first kappa shape index (κ1) is 40.8. The third-order valence-electron chi connectivity index (χ3n) is 10.1. The van der Waals surface area contributed by atoms with Gasteiger partial charge in [-0.1, -0.05) is 109 Å². The second kappa shape index (κ2) is 23.0. The predicted molar refractivity (Wildman–Crippen MR) is 193 cm³/mol. The third kappa shape index (κ3) is 14.3. The molecule has 1 aromatic rings. The number of phenolic OH excluding ortho intramolecular Hbond substituents is 1. The zero-order valence-electron chi connectivity index (χ0n) is 30.3. The lowest BCUT2D eigenvalue weighted by molar-refractivity contribution is -0.146. The van der Waals surface area contributed by atoms with Crippen molar-refractivity contribution in [3.63, 3.8) is 0 Å². The standard InChI is InChI=1S/C39H62N4O7/c1-2-3-4-5-6-7-8-9-10-11-12-13-14-15-16-21-36(46)42-26-18-20-34(42)38(48)43-27-17-19-33(43)37(47)40-29-35(45)41-32(39(49)50)28-30-22-24-31(44)25-23-30/h22-25,32-34,44H,2-21,26-29H2,1H3,(H,40,47)(H,41,45)(H,49,50)/t32-,33?,34-/m0/s1. The summed E-state index contributed by atoms with van der Waals surface area (Å²) in [6, 6.07) is 3.51. The summed E-state index contributed by atoms with van der Waals surface area (Å²) >= 11 is 0. The molecule has 1 unspecified atom stereocenters. The van der Waals surface area contributed by atoms with Crippen molar-refractivity contribution < 1.29 is 34.2 Å². The number of carbonyl (C=O) groups excluding carboxylic acids is 4. The number of carboxylic acids is 1. The number of carboxylic acid groups (broad SMARTS) is 1. The Labute approximate surface area is 298 Å². The van der Waals surface area contributed by atoms with E-state index < -0.39 is 42.5 Å². The van der Waals surface area contributed by atoms with Crippen molar-refractivity contribution in [2.75, 3.05) is 19.6 Å². The molecule has 11 heteroatoms. The van der Waals surface area contributed by atoms with Crippen LogP contribution in [-0.2, 0) is 30.4 Å². The maximum absolute atomic E-state index is 13.6. The number of hydrogen-bond acceptors (Lipinski definition) is 6. The molecule has 11 nitrogen and oxygen atoms in total. The van der Waals surface area contributed by atoms with Crippen LogP contribution in [0.25, 0.3) is 0 Å². The average Bonchev–Trinajstić information content (AvgIpc) is 3.80. The lowest BCUT2D eigenvalue weighted by atomic mass is 10.0. The molecule has 0 spiro atoms. The van der Waals surface area contributed by atoms with E-state index in [0.717, 1.165) is 25.7 Å². The summed E-state index contributed by atoms with van der Waals surface area (Å²) in [5.41, 5.74) is 0.619. The van der Waals surface area contributed by atoms with Crippen LogP contribution in [0.5, 0.6) is 5.75 Å². The topological polar surface area (TPSA) is 156 Å². The number of carbonyl (C=O) groups is 5. The van der Waals surface area contributed by atoms with Gasteiger partial charge in [-0.25, -0.2) is 4.79 Å². The van der Waals surface area contributed by atoms with Gasteiger partial charge < -0.3 is 30.6 Å². The summed E-state index contributed by atoms with van der Waals surface area (Å²) in [5, 5.41) is 24.0. The van der Waals surface area contributed by atoms with Gasteiger partial charge in [0.2, 0.25) is 23.6 Å². The fraction of sp³-hybridized carbons (Fsp3) is 0.718. The molecule has 0 aliphatic carbocycles. The monoisotopic (exact) mass is 698 g/mol. The van der Waals surface area contributed by atoms with Crippen molar-refractivity contribution in [3.05, 3.63) is 29.8 Å². The number of likely N-dealkylation sites (tertiary alicyclic amines) is 2. The Morgan fingerprint density at radius 2 is 1.26 bits per heavy atom. The molecule has 0 aromatic heterocycles. The molecular formula is C39H62N4O7. The third-order valence-corrected chi connectivity index (χ3v) is 10.1. The van der Waals surface area contributed by atoms with Crippen LogP contribution in [0.3, 0.4) is 0 Å². The number of nitrogens with zero attached hydrogens (tertiary/aromatic N) is 2. The fourth-order valence-corrected chi connectivity index (χ4v) is 7.21. The molecule has 3 atom stereocenters.